The summed E-state index contributed by atoms with van der Waals surface area (Å²) in [7, 11) is 0. The zero-order chi connectivity index (χ0) is 20.3. The number of carbonyl (C=O) groups excluding carboxylic acids is 1. The predicted molar refractivity (Wildman–Crippen MR) is 108 cm³/mol. The van der Waals surface area contributed by atoms with Crippen molar-refractivity contribution in [1.29, 1.82) is 0 Å². The summed E-state index contributed by atoms with van der Waals surface area (Å²) in [5.41, 5.74) is 3.88. The van der Waals surface area contributed by atoms with Crippen LogP contribution in [0.3, 0.4) is 0 Å². The minimum atomic E-state index is -0.216. The molecule has 0 aliphatic rings. The lowest BCUT2D eigenvalue weighted by atomic mass is 10.1. The number of pyridine rings is 1. The number of nitrogens with one attached hydrogen (secondary N) is 2. The zero-order valence-corrected chi connectivity index (χ0v) is 16.6. The number of nitrogens with zero attached hydrogens (tertiary/aromatic N) is 2. The Morgan fingerprint density at radius 2 is 1.93 bits per heavy atom. The average Bonchev–Trinajstić information content (AvgIpc) is 2.99. The van der Waals surface area contributed by atoms with E-state index < -0.39 is 0 Å². The molecule has 0 spiro atoms. The molecule has 7 heteroatoms. The van der Waals surface area contributed by atoms with Crippen LogP contribution in [0.25, 0.3) is 11.4 Å². The molecular weight excluding hydrogens is 356 g/mol. The molecule has 0 atom stereocenters. The first kappa shape index (κ1) is 19.4. The largest absolute Gasteiger partial charge is 0.473 e. The van der Waals surface area contributed by atoms with Crippen LogP contribution >= 0.6 is 0 Å². The Morgan fingerprint density at radius 3 is 2.54 bits per heavy atom. The molecule has 0 aliphatic heterocycles. The first-order valence-electron chi connectivity index (χ1n) is 9.31. The molecule has 1 amide bonds. The van der Waals surface area contributed by atoms with Crippen molar-refractivity contribution in [2.45, 2.75) is 34.1 Å². The van der Waals surface area contributed by atoms with Crippen molar-refractivity contribution in [2.75, 3.05) is 11.9 Å². The van der Waals surface area contributed by atoms with Crippen molar-refractivity contribution < 1.29 is 14.1 Å². The van der Waals surface area contributed by atoms with Gasteiger partial charge in [-0.15, -0.1) is 0 Å². The maximum Gasteiger partial charge on any atom is 0.348 e. The van der Waals surface area contributed by atoms with Gasteiger partial charge in [-0.1, -0.05) is 6.92 Å². The summed E-state index contributed by atoms with van der Waals surface area (Å²) >= 11 is 0. The minimum absolute atomic E-state index is 0.145. The number of aromatic nitrogens is 3. The molecule has 28 heavy (non-hydrogen) atoms. The third-order valence-corrected chi connectivity index (χ3v) is 4.49. The lowest BCUT2D eigenvalue weighted by molar-refractivity contribution is -0.597. The van der Waals surface area contributed by atoms with Crippen molar-refractivity contribution in [2.24, 2.45) is 0 Å². The Labute approximate surface area is 163 Å². The smallest absolute Gasteiger partial charge is 0.348 e. The highest BCUT2D eigenvalue weighted by Crippen LogP contribution is 2.17. The fourth-order valence-electron chi connectivity index (χ4n) is 3.08. The molecule has 2 aromatic heterocycles. The molecule has 1 aromatic carbocycles. The molecule has 146 valence electrons. The standard InChI is InChI=1S/C21H24N4O3/c1-5-16-13-24(12-11-14(16)3)19-20(28-6-2)23-25(21(19)27)18-9-7-17(8-10-18)22-15(4)26/h7-13H,5-6H2,1-4H3,(H-,22,23,26,27)/p+1. The van der Waals surface area contributed by atoms with Gasteiger partial charge in [0.25, 0.3) is 5.88 Å². The second-order valence-corrected chi connectivity index (χ2v) is 6.51. The van der Waals surface area contributed by atoms with E-state index in [2.05, 4.69) is 24.3 Å². The summed E-state index contributed by atoms with van der Waals surface area (Å²) in [4.78, 5) is 24.4. The summed E-state index contributed by atoms with van der Waals surface area (Å²) in [6.07, 6.45) is 4.71. The van der Waals surface area contributed by atoms with E-state index in [1.54, 1.807) is 28.8 Å². The molecule has 0 fully saturated rings. The van der Waals surface area contributed by atoms with Gasteiger partial charge in [0.1, 0.15) is 0 Å². The highest BCUT2D eigenvalue weighted by atomic mass is 16.5. The minimum Gasteiger partial charge on any atom is -0.473 e. The van der Waals surface area contributed by atoms with Crippen LogP contribution in [0, 0.1) is 6.92 Å². The number of carbonyl (C=O) groups is 1. The zero-order valence-electron chi connectivity index (χ0n) is 16.6. The molecule has 3 rings (SSSR count). The Kier molecular flexibility index (Phi) is 5.63. The van der Waals surface area contributed by atoms with Crippen LogP contribution in [0.15, 0.2) is 47.5 Å². The highest BCUT2D eigenvalue weighted by molar-refractivity contribution is 5.88. The normalized spacial score (nSPS) is 10.7. The van der Waals surface area contributed by atoms with E-state index >= 15 is 0 Å². The van der Waals surface area contributed by atoms with E-state index in [0.29, 0.717) is 29.5 Å². The quantitative estimate of drug-likeness (QED) is 0.644. The molecule has 0 bridgehead atoms. The van der Waals surface area contributed by atoms with Crippen LogP contribution in [0.1, 0.15) is 31.9 Å². The number of amides is 1. The summed E-state index contributed by atoms with van der Waals surface area (Å²) in [5.74, 6) is 0.266. The lowest BCUT2D eigenvalue weighted by Crippen LogP contribution is -2.37. The fourth-order valence-corrected chi connectivity index (χ4v) is 3.08. The fraction of sp³-hybridized carbons (Fsp3) is 0.286. The monoisotopic (exact) mass is 381 g/mol. The van der Waals surface area contributed by atoms with Crippen LogP contribution in [0.2, 0.25) is 0 Å². The van der Waals surface area contributed by atoms with Gasteiger partial charge in [0.2, 0.25) is 5.91 Å². The van der Waals surface area contributed by atoms with E-state index in [0.717, 1.165) is 12.0 Å². The third-order valence-electron chi connectivity index (χ3n) is 4.49. The van der Waals surface area contributed by atoms with Gasteiger partial charge < -0.3 is 10.1 Å². The van der Waals surface area contributed by atoms with Gasteiger partial charge in [-0.25, -0.2) is 4.68 Å². The SMILES string of the molecule is CCOc1[nH]n(-c2ccc(NC(C)=O)cc2)c(=O)c1-[n+]1ccc(C)c(CC)c1. The number of hydrogen-bond acceptors (Lipinski definition) is 3. The summed E-state index contributed by atoms with van der Waals surface area (Å²) < 4.78 is 8.94. The molecular formula is C21H25N4O3+. The van der Waals surface area contributed by atoms with Gasteiger partial charge in [-0.05, 0) is 50.1 Å². The molecule has 7 nitrogen and oxygen atoms in total. The predicted octanol–water partition coefficient (Wildman–Crippen LogP) is 2.67. The Morgan fingerprint density at radius 1 is 1.21 bits per heavy atom. The molecule has 0 radical (unpaired) electrons. The van der Waals surface area contributed by atoms with Crippen molar-refractivity contribution in [3.05, 3.63) is 64.2 Å². The number of aromatic amines is 1. The van der Waals surface area contributed by atoms with E-state index in [-0.39, 0.29) is 11.5 Å². The van der Waals surface area contributed by atoms with Crippen molar-refractivity contribution >= 4 is 11.6 Å². The van der Waals surface area contributed by atoms with Gasteiger partial charge >= 0.3 is 11.2 Å². The molecule has 0 unspecified atom stereocenters. The summed E-state index contributed by atoms with van der Waals surface area (Å²) in [6.45, 7) is 7.90. The van der Waals surface area contributed by atoms with Crippen molar-refractivity contribution in [1.82, 2.24) is 9.78 Å². The highest BCUT2D eigenvalue weighted by Gasteiger charge is 2.26. The average molecular weight is 381 g/mol. The summed E-state index contributed by atoms with van der Waals surface area (Å²) in [6, 6.07) is 9.02. The Balaban J connectivity index is 2.09. The van der Waals surface area contributed by atoms with Gasteiger partial charge in [-0.3, -0.25) is 14.7 Å². The third kappa shape index (κ3) is 3.83. The van der Waals surface area contributed by atoms with Crippen molar-refractivity contribution in [3.63, 3.8) is 0 Å². The van der Waals surface area contributed by atoms with Gasteiger partial charge in [-0.2, -0.15) is 4.57 Å². The van der Waals surface area contributed by atoms with E-state index in [9.17, 15) is 9.59 Å². The van der Waals surface area contributed by atoms with Crippen LogP contribution in [0.4, 0.5) is 5.69 Å². The molecule has 0 saturated heterocycles. The molecule has 0 aliphatic carbocycles. The van der Waals surface area contributed by atoms with E-state index in [1.807, 2.05) is 25.4 Å². The first-order chi connectivity index (χ1) is 13.4. The number of benzene rings is 1. The van der Waals surface area contributed by atoms with Gasteiger partial charge in [0.05, 0.1) is 12.3 Å². The number of H-pyrrole nitrogens is 1. The Bertz CT molecular complexity index is 1050. The van der Waals surface area contributed by atoms with Crippen LogP contribution in [-0.2, 0) is 11.2 Å². The first-order valence-corrected chi connectivity index (χ1v) is 9.31. The number of hydrogen-bond donors (Lipinski definition) is 2. The maximum absolute atomic E-state index is 13.2. The van der Waals surface area contributed by atoms with Crippen molar-refractivity contribution in [3.8, 4) is 17.3 Å². The molecule has 0 saturated carbocycles. The number of rotatable bonds is 6. The number of aryl methyl sites for hydroxylation is 2. The summed E-state index contributed by atoms with van der Waals surface area (Å²) in [5, 5.41) is 5.77. The topological polar surface area (TPSA) is 80.0 Å². The van der Waals surface area contributed by atoms with E-state index in [1.165, 1.54) is 17.2 Å². The molecule has 2 heterocycles. The van der Waals surface area contributed by atoms with Gasteiger partial charge in [0, 0.05) is 24.2 Å². The van der Waals surface area contributed by atoms with Crippen LogP contribution < -0.4 is 20.2 Å². The van der Waals surface area contributed by atoms with E-state index in [4.69, 9.17) is 4.74 Å². The lowest BCUT2D eigenvalue weighted by Gasteiger charge is -2.04. The second-order valence-electron chi connectivity index (χ2n) is 6.51. The second kappa shape index (κ2) is 8.12. The van der Waals surface area contributed by atoms with Gasteiger partial charge in [0.15, 0.2) is 12.4 Å². The number of ether oxygens (including phenoxy) is 1. The van der Waals surface area contributed by atoms with Crippen LogP contribution in [0.5, 0.6) is 5.88 Å². The Hall–Kier alpha value is -3.35. The van der Waals surface area contributed by atoms with Crippen LogP contribution in [-0.4, -0.2) is 22.3 Å². The maximum atomic E-state index is 13.2. The molecule has 3 aromatic rings. The molecule has 2 N–H and O–H groups in total. The number of anilines is 1.